The lowest BCUT2D eigenvalue weighted by Crippen LogP contribution is -2.21. The fourth-order valence-corrected chi connectivity index (χ4v) is 5.38. The van der Waals surface area contributed by atoms with Crippen LogP contribution in [0, 0.1) is 32.1 Å². The van der Waals surface area contributed by atoms with Crippen molar-refractivity contribution in [1.29, 1.82) is 5.26 Å². The molecule has 8 heteroatoms. The Morgan fingerprint density at radius 2 is 1.73 bits per heavy atom. The first-order valence-corrected chi connectivity index (χ1v) is 14.1. The minimum absolute atomic E-state index is 0.0317. The molecule has 0 amide bonds. The molecule has 0 saturated carbocycles. The van der Waals surface area contributed by atoms with E-state index in [-0.39, 0.29) is 23.0 Å². The number of fused-ring (bicyclic) bond motifs is 2. The molecule has 2 N–H and O–H groups in total. The monoisotopic (exact) mass is 586 g/mol. The molecule has 4 aromatic carbocycles. The molecule has 0 saturated heterocycles. The Labute approximate surface area is 254 Å². The van der Waals surface area contributed by atoms with Crippen LogP contribution in [-0.2, 0) is 6.61 Å². The van der Waals surface area contributed by atoms with E-state index in [9.17, 15) is 10.1 Å². The van der Waals surface area contributed by atoms with Crippen molar-refractivity contribution in [3.63, 3.8) is 0 Å². The van der Waals surface area contributed by atoms with E-state index in [2.05, 4.69) is 6.07 Å². The predicted molar refractivity (Wildman–Crippen MR) is 165 cm³/mol. The van der Waals surface area contributed by atoms with Gasteiger partial charge in [-0.1, -0.05) is 42.5 Å². The summed E-state index contributed by atoms with van der Waals surface area (Å²) < 4.78 is 29.1. The van der Waals surface area contributed by atoms with Gasteiger partial charge in [0.15, 0.2) is 11.5 Å². The summed E-state index contributed by atoms with van der Waals surface area (Å²) >= 11 is 0. The third kappa shape index (κ3) is 5.20. The van der Waals surface area contributed by atoms with Crippen molar-refractivity contribution in [2.24, 2.45) is 5.73 Å². The summed E-state index contributed by atoms with van der Waals surface area (Å²) in [4.78, 5) is 13.2. The number of allylic oxidation sites excluding steroid dienone is 1. The molecule has 1 aliphatic heterocycles. The van der Waals surface area contributed by atoms with Gasteiger partial charge in [0.1, 0.15) is 35.3 Å². The number of ether oxygens (including phenoxy) is 4. The van der Waals surface area contributed by atoms with E-state index in [4.69, 9.17) is 29.1 Å². The Balaban J connectivity index is 1.29. The molecule has 0 aliphatic carbocycles. The molecule has 2 heterocycles. The second-order valence-electron chi connectivity index (χ2n) is 10.7. The Morgan fingerprint density at radius 1 is 0.955 bits per heavy atom. The van der Waals surface area contributed by atoms with Gasteiger partial charge in [-0.2, -0.15) is 5.26 Å². The maximum absolute atomic E-state index is 13.2. The van der Waals surface area contributed by atoms with E-state index < -0.39 is 11.9 Å². The number of benzene rings is 4. The molecule has 1 atom stereocenters. The zero-order chi connectivity index (χ0) is 31.0. The van der Waals surface area contributed by atoms with Crippen LogP contribution >= 0.6 is 0 Å². The number of furan rings is 1. The molecule has 5 aromatic rings. The molecule has 0 bridgehead atoms. The normalized spacial score (nSPS) is 14.0. The molecule has 1 aliphatic rings. The average molecular weight is 587 g/mol. The van der Waals surface area contributed by atoms with Gasteiger partial charge in [-0.3, -0.25) is 0 Å². The number of esters is 1. The number of methoxy groups -OCH3 is 1. The highest BCUT2D eigenvalue weighted by atomic mass is 16.5. The van der Waals surface area contributed by atoms with E-state index in [0.717, 1.165) is 27.6 Å². The van der Waals surface area contributed by atoms with Crippen LogP contribution in [0.5, 0.6) is 23.0 Å². The Hall–Kier alpha value is -5.68. The van der Waals surface area contributed by atoms with Crippen LogP contribution in [0.4, 0.5) is 0 Å². The van der Waals surface area contributed by atoms with Crippen LogP contribution in [0.2, 0.25) is 0 Å². The van der Waals surface area contributed by atoms with Gasteiger partial charge in [0.05, 0.1) is 13.0 Å². The number of nitrogens with two attached hydrogens (primary N) is 1. The lowest BCUT2D eigenvalue weighted by Gasteiger charge is -2.27. The lowest BCUT2D eigenvalue weighted by molar-refractivity contribution is 0.0702. The first-order chi connectivity index (χ1) is 21.3. The summed E-state index contributed by atoms with van der Waals surface area (Å²) in [6.45, 7) is 6.22. The van der Waals surface area contributed by atoms with Gasteiger partial charge in [-0.05, 0) is 73.4 Å². The second-order valence-corrected chi connectivity index (χ2v) is 10.7. The van der Waals surface area contributed by atoms with Crippen molar-refractivity contribution in [2.45, 2.75) is 33.3 Å². The topological polar surface area (TPSA) is 117 Å². The van der Waals surface area contributed by atoms with Crippen LogP contribution in [0.1, 0.15) is 49.9 Å². The zero-order valence-electron chi connectivity index (χ0n) is 24.8. The SMILES string of the molecule is COc1cc(C2C(C#N)=C(N)Oc3cc(OC(=O)c4oc5cc(C)c(C)cc5c4C)ccc32)ccc1OCc1ccccc1. The predicted octanol–water partition coefficient (Wildman–Crippen LogP) is 7.38. The molecular weight excluding hydrogens is 556 g/mol. The molecular formula is C36H30N2O6. The van der Waals surface area contributed by atoms with Crippen molar-refractivity contribution >= 4 is 16.9 Å². The first-order valence-electron chi connectivity index (χ1n) is 14.1. The van der Waals surface area contributed by atoms with Crippen molar-refractivity contribution in [3.8, 4) is 29.1 Å². The molecule has 1 aromatic heterocycles. The summed E-state index contributed by atoms with van der Waals surface area (Å²) in [5, 5.41) is 10.9. The van der Waals surface area contributed by atoms with Crippen LogP contribution in [0.15, 0.2) is 94.7 Å². The largest absolute Gasteiger partial charge is 0.493 e. The summed E-state index contributed by atoms with van der Waals surface area (Å²) in [5.41, 5.74) is 12.5. The number of nitrogens with zero attached hydrogens (tertiary/aromatic N) is 1. The number of hydrogen-bond acceptors (Lipinski definition) is 8. The highest BCUT2D eigenvalue weighted by Gasteiger charge is 2.32. The molecule has 0 radical (unpaired) electrons. The molecule has 0 fully saturated rings. The lowest BCUT2D eigenvalue weighted by atomic mass is 9.83. The molecule has 1 unspecified atom stereocenters. The average Bonchev–Trinajstić information content (AvgIpc) is 3.34. The quantitative estimate of drug-likeness (QED) is 0.155. The van der Waals surface area contributed by atoms with Crippen LogP contribution in [0.25, 0.3) is 11.0 Å². The minimum Gasteiger partial charge on any atom is -0.493 e. The number of carbonyl (C=O) groups is 1. The van der Waals surface area contributed by atoms with E-state index in [1.165, 1.54) is 0 Å². The van der Waals surface area contributed by atoms with Crippen molar-refractivity contribution in [3.05, 3.63) is 129 Å². The number of carbonyl (C=O) groups excluding carboxylic acids is 1. The molecule has 44 heavy (non-hydrogen) atoms. The Bertz CT molecular complexity index is 1980. The third-order valence-corrected chi connectivity index (χ3v) is 7.90. The molecule has 220 valence electrons. The number of hydrogen-bond donors (Lipinski definition) is 1. The van der Waals surface area contributed by atoms with Gasteiger partial charge < -0.3 is 29.1 Å². The smallest absolute Gasteiger partial charge is 0.379 e. The fourth-order valence-electron chi connectivity index (χ4n) is 5.38. The number of aryl methyl sites for hydroxylation is 3. The molecule has 8 nitrogen and oxygen atoms in total. The van der Waals surface area contributed by atoms with E-state index in [1.807, 2.05) is 81.4 Å². The molecule has 0 spiro atoms. The van der Waals surface area contributed by atoms with Gasteiger partial charge in [0.2, 0.25) is 11.6 Å². The van der Waals surface area contributed by atoms with E-state index in [1.54, 1.807) is 25.3 Å². The van der Waals surface area contributed by atoms with Crippen molar-refractivity contribution in [1.82, 2.24) is 0 Å². The van der Waals surface area contributed by atoms with Gasteiger partial charge in [-0.15, -0.1) is 0 Å². The van der Waals surface area contributed by atoms with Crippen molar-refractivity contribution < 1.29 is 28.2 Å². The molecule has 6 rings (SSSR count). The van der Waals surface area contributed by atoms with Gasteiger partial charge >= 0.3 is 5.97 Å². The zero-order valence-corrected chi connectivity index (χ0v) is 24.8. The standard InChI is InChI=1S/C36H30N2O6/c1-20-14-27-22(3)34(43-30(27)15-21(20)2)36(39)42-25-11-12-26-31(17-25)44-35(38)28(18-37)33(26)24-10-13-29(32(16-24)40-4)41-19-23-8-6-5-7-9-23/h5-17,33H,19,38H2,1-4H3. The van der Waals surface area contributed by atoms with Crippen molar-refractivity contribution in [2.75, 3.05) is 7.11 Å². The van der Waals surface area contributed by atoms with Crippen LogP contribution < -0.4 is 24.7 Å². The number of rotatable bonds is 7. The highest BCUT2D eigenvalue weighted by molar-refractivity contribution is 5.97. The summed E-state index contributed by atoms with van der Waals surface area (Å²) in [6.07, 6.45) is 0. The van der Waals surface area contributed by atoms with Crippen LogP contribution in [0.3, 0.4) is 0 Å². The van der Waals surface area contributed by atoms with E-state index >= 15 is 0 Å². The van der Waals surface area contributed by atoms with Crippen LogP contribution in [-0.4, -0.2) is 13.1 Å². The maximum Gasteiger partial charge on any atom is 0.379 e. The number of nitriles is 1. The Morgan fingerprint density at radius 3 is 2.48 bits per heavy atom. The summed E-state index contributed by atoms with van der Waals surface area (Å²) in [6, 6.07) is 26.5. The fraction of sp³-hybridized carbons (Fsp3) is 0.167. The third-order valence-electron chi connectivity index (χ3n) is 7.90. The minimum atomic E-state index is -0.627. The van der Waals surface area contributed by atoms with E-state index in [0.29, 0.717) is 40.6 Å². The summed E-state index contributed by atoms with van der Waals surface area (Å²) in [7, 11) is 1.56. The second kappa shape index (κ2) is 11.5. The Kier molecular flexibility index (Phi) is 7.46. The van der Waals surface area contributed by atoms with Gasteiger partial charge in [-0.25, -0.2) is 4.79 Å². The maximum atomic E-state index is 13.2. The van der Waals surface area contributed by atoms with Gasteiger partial charge in [0, 0.05) is 22.6 Å². The first kappa shape index (κ1) is 28.4. The highest BCUT2D eigenvalue weighted by Crippen LogP contribution is 2.45. The van der Waals surface area contributed by atoms with Gasteiger partial charge in [0.25, 0.3) is 0 Å². The summed E-state index contributed by atoms with van der Waals surface area (Å²) in [5.74, 6) is 0.622.